The van der Waals surface area contributed by atoms with Crippen molar-refractivity contribution in [3.8, 4) is 0 Å². The van der Waals surface area contributed by atoms with Crippen molar-refractivity contribution in [1.82, 2.24) is 0 Å². The van der Waals surface area contributed by atoms with Gasteiger partial charge >= 0.3 is 0 Å². The van der Waals surface area contributed by atoms with Gasteiger partial charge in [-0.1, -0.05) is 258 Å². The summed E-state index contributed by atoms with van der Waals surface area (Å²) in [6.45, 7) is 13.5. The summed E-state index contributed by atoms with van der Waals surface area (Å²) in [7, 11) is -1.74. The SMILES string of the molecule is CCCCCCCCCCCC[N+](C)(CCCCCCCCCCCC)CCCCCCCCCCCC.CCCCCCCCCCCCc1ccccc1S(=O)(=O)[O-]. The normalized spacial score (nSPS) is 11.9. The van der Waals surface area contributed by atoms with Gasteiger partial charge in [-0.25, -0.2) is 8.42 Å². The van der Waals surface area contributed by atoms with Crippen LogP contribution in [0.4, 0.5) is 0 Å². The summed E-state index contributed by atoms with van der Waals surface area (Å²) in [5, 5.41) is 0. The molecule has 4 nitrogen and oxygen atoms in total. The highest BCUT2D eigenvalue weighted by atomic mass is 32.2. The van der Waals surface area contributed by atoms with Gasteiger partial charge in [0.15, 0.2) is 0 Å². The highest BCUT2D eigenvalue weighted by molar-refractivity contribution is 7.85. The van der Waals surface area contributed by atoms with Crippen LogP contribution in [0.15, 0.2) is 29.2 Å². The Bertz CT molecular complexity index is 1040. The van der Waals surface area contributed by atoms with Gasteiger partial charge < -0.3 is 9.04 Å². The molecule has 0 bridgehead atoms. The Morgan fingerprint density at radius 1 is 0.367 bits per heavy atom. The maximum absolute atomic E-state index is 11.2. The minimum Gasteiger partial charge on any atom is -0.744 e. The Morgan fingerprint density at radius 2 is 0.600 bits per heavy atom. The Balaban J connectivity index is 0.00000133. The lowest BCUT2D eigenvalue weighted by Crippen LogP contribution is -2.46. The van der Waals surface area contributed by atoms with Crippen LogP contribution in [0.3, 0.4) is 0 Å². The van der Waals surface area contributed by atoms with Crippen molar-refractivity contribution in [2.75, 3.05) is 26.7 Å². The largest absolute Gasteiger partial charge is 0.744 e. The second kappa shape index (κ2) is 44.7. The second-order valence-electron chi connectivity index (χ2n) is 19.3. The van der Waals surface area contributed by atoms with Gasteiger partial charge in [0.05, 0.1) is 31.6 Å². The van der Waals surface area contributed by atoms with Gasteiger partial charge in [-0.3, -0.25) is 0 Å². The van der Waals surface area contributed by atoms with Gasteiger partial charge in [0.1, 0.15) is 10.1 Å². The third kappa shape index (κ3) is 39.9. The van der Waals surface area contributed by atoms with Gasteiger partial charge in [0.25, 0.3) is 0 Å². The average Bonchev–Trinajstić information content (AvgIpc) is 3.23. The molecule has 1 rings (SSSR count). The molecular weight excluding hydrogens is 755 g/mol. The molecule has 0 amide bonds. The molecule has 0 N–H and O–H groups in total. The van der Waals surface area contributed by atoms with Gasteiger partial charge in [-0.15, -0.1) is 0 Å². The molecule has 0 aliphatic rings. The molecule has 0 radical (unpaired) electrons. The smallest absolute Gasteiger partial charge is 0.124 e. The topological polar surface area (TPSA) is 57.2 Å². The lowest BCUT2D eigenvalue weighted by molar-refractivity contribution is -0.910. The number of aryl methyl sites for hydroxylation is 1. The molecule has 5 heteroatoms. The summed E-state index contributed by atoms with van der Waals surface area (Å²) in [6, 6.07) is 6.56. The maximum atomic E-state index is 11.2. The fourth-order valence-corrected chi connectivity index (χ4v) is 9.77. The third-order valence-electron chi connectivity index (χ3n) is 13.2. The van der Waals surface area contributed by atoms with E-state index in [-0.39, 0.29) is 4.90 Å². The number of unbranched alkanes of at least 4 members (excludes halogenated alkanes) is 36. The zero-order valence-electron chi connectivity index (χ0n) is 41.5. The molecule has 60 heavy (non-hydrogen) atoms. The number of quaternary nitrogens is 1. The monoisotopic (exact) mass is 862 g/mol. The summed E-state index contributed by atoms with van der Waals surface area (Å²) in [5.74, 6) is 0. The van der Waals surface area contributed by atoms with E-state index in [4.69, 9.17) is 0 Å². The Morgan fingerprint density at radius 3 is 0.867 bits per heavy atom. The fraction of sp³-hybridized carbons (Fsp3) is 0.891. The minimum absolute atomic E-state index is 0.0501. The van der Waals surface area contributed by atoms with Crippen LogP contribution < -0.4 is 0 Å². The number of benzene rings is 1. The molecule has 0 saturated carbocycles. The molecule has 0 spiro atoms. The summed E-state index contributed by atoms with van der Waals surface area (Å²) < 4.78 is 34.9. The van der Waals surface area contributed by atoms with E-state index in [0.717, 1.165) is 12.8 Å². The van der Waals surface area contributed by atoms with Crippen LogP contribution in [-0.4, -0.2) is 44.1 Å². The number of nitrogens with zero attached hydrogens (tertiary/aromatic N) is 1. The van der Waals surface area contributed by atoms with Gasteiger partial charge in [-0.05, 0) is 63.0 Å². The van der Waals surface area contributed by atoms with Crippen LogP contribution >= 0.6 is 0 Å². The molecule has 1 aromatic rings. The van der Waals surface area contributed by atoms with Crippen molar-refractivity contribution in [3.05, 3.63) is 29.8 Å². The number of hydrogen-bond acceptors (Lipinski definition) is 3. The van der Waals surface area contributed by atoms with Gasteiger partial charge in [-0.2, -0.15) is 0 Å². The van der Waals surface area contributed by atoms with E-state index in [2.05, 4.69) is 34.7 Å². The van der Waals surface area contributed by atoms with Crippen LogP contribution in [0, 0.1) is 0 Å². The molecule has 0 aromatic heterocycles. The Labute approximate surface area is 378 Å². The number of hydrogen-bond donors (Lipinski definition) is 0. The molecular formula is C55H107NO3S. The first kappa shape index (κ1) is 59.1. The van der Waals surface area contributed by atoms with Crippen LogP contribution in [0.25, 0.3) is 0 Å². The average molecular weight is 863 g/mol. The van der Waals surface area contributed by atoms with Crippen molar-refractivity contribution in [2.24, 2.45) is 0 Å². The van der Waals surface area contributed by atoms with E-state index in [1.807, 2.05) is 0 Å². The van der Waals surface area contributed by atoms with Crippen molar-refractivity contribution >= 4 is 10.1 Å². The second-order valence-corrected chi connectivity index (χ2v) is 20.7. The molecule has 0 unspecified atom stereocenters. The molecule has 356 valence electrons. The van der Waals surface area contributed by atoms with Crippen LogP contribution in [0.5, 0.6) is 0 Å². The minimum atomic E-state index is -4.35. The lowest BCUT2D eigenvalue weighted by Gasteiger charge is -2.35. The van der Waals surface area contributed by atoms with Crippen molar-refractivity contribution < 1.29 is 17.5 Å². The molecule has 0 aliphatic heterocycles. The van der Waals surface area contributed by atoms with Crippen molar-refractivity contribution in [3.63, 3.8) is 0 Å². The molecule has 0 aliphatic carbocycles. The Kier molecular flexibility index (Phi) is 44.0. The first-order chi connectivity index (χ1) is 29.2. The van der Waals surface area contributed by atoms with Crippen LogP contribution in [0.2, 0.25) is 0 Å². The standard InChI is InChI=1S/C37H78N.C18H30O3S/c1-5-8-11-14-17-20-23-26-29-32-35-38(4,36-33-30-27-24-21-18-15-12-9-6-2)37-34-31-28-25-22-19-16-13-10-7-3;1-2-3-4-5-6-7-8-9-10-11-14-17-15-12-13-16-18(17)22(19,20)21/h5-37H2,1-4H3;12-13,15-16H,2-11,14H2,1H3,(H,19,20,21)/q+1;/p-1. The highest BCUT2D eigenvalue weighted by Crippen LogP contribution is 2.20. The van der Waals surface area contributed by atoms with Crippen LogP contribution in [0.1, 0.15) is 290 Å². The first-order valence-corrected chi connectivity index (χ1v) is 28.5. The highest BCUT2D eigenvalue weighted by Gasteiger charge is 2.20. The Hall–Kier alpha value is -0.910. The zero-order valence-corrected chi connectivity index (χ0v) is 42.3. The molecule has 0 fully saturated rings. The van der Waals surface area contributed by atoms with Gasteiger partial charge in [0.2, 0.25) is 0 Å². The number of rotatable bonds is 45. The van der Waals surface area contributed by atoms with E-state index in [1.165, 1.54) is 274 Å². The fourth-order valence-electron chi connectivity index (χ4n) is 9.04. The van der Waals surface area contributed by atoms with E-state index in [1.54, 1.807) is 18.2 Å². The molecule has 0 heterocycles. The van der Waals surface area contributed by atoms with Crippen LogP contribution in [-0.2, 0) is 16.5 Å². The summed E-state index contributed by atoms with van der Waals surface area (Å²) in [5.41, 5.74) is 0.664. The van der Waals surface area contributed by atoms with E-state index < -0.39 is 10.1 Å². The summed E-state index contributed by atoms with van der Waals surface area (Å²) in [4.78, 5) is -0.0501. The van der Waals surface area contributed by atoms with E-state index in [9.17, 15) is 13.0 Å². The zero-order chi connectivity index (χ0) is 44.1. The first-order valence-electron chi connectivity index (χ1n) is 27.1. The van der Waals surface area contributed by atoms with Gasteiger partial charge in [0, 0.05) is 0 Å². The lowest BCUT2D eigenvalue weighted by atomic mass is 10.0. The molecule has 0 atom stereocenters. The molecule has 1 aromatic carbocycles. The predicted molar refractivity (Wildman–Crippen MR) is 266 cm³/mol. The quantitative estimate of drug-likeness (QED) is 0.0373. The maximum Gasteiger partial charge on any atom is 0.124 e. The van der Waals surface area contributed by atoms with Crippen molar-refractivity contribution in [1.29, 1.82) is 0 Å². The predicted octanol–water partition coefficient (Wildman–Crippen LogP) is 18.2. The summed E-state index contributed by atoms with van der Waals surface area (Å²) >= 11 is 0. The van der Waals surface area contributed by atoms with E-state index >= 15 is 0 Å². The van der Waals surface area contributed by atoms with Crippen molar-refractivity contribution in [2.45, 2.75) is 296 Å². The molecule has 0 saturated heterocycles. The van der Waals surface area contributed by atoms with E-state index in [0.29, 0.717) is 12.0 Å². The summed E-state index contributed by atoms with van der Waals surface area (Å²) in [6.07, 6.45) is 56.9. The third-order valence-corrected chi connectivity index (χ3v) is 14.1.